The standard InChI is InChI=1S/C10H15F4N3O2/c1-6(2)3-15-9-16-7(17-19-9)4-18-5-10(13,14)8(11)12/h6,8H,3-5H2,1-2H3,(H,15,16,17). The largest absolute Gasteiger partial charge is 0.367 e. The fourth-order valence-corrected chi connectivity index (χ4v) is 1.02. The number of anilines is 1. The lowest BCUT2D eigenvalue weighted by atomic mass is 10.2. The van der Waals surface area contributed by atoms with E-state index < -0.39 is 25.6 Å². The van der Waals surface area contributed by atoms with Crippen molar-refractivity contribution in [2.24, 2.45) is 5.92 Å². The molecule has 1 rings (SSSR count). The third-order valence-corrected chi connectivity index (χ3v) is 1.97. The van der Waals surface area contributed by atoms with E-state index in [-0.39, 0.29) is 11.8 Å². The number of hydrogen-bond donors (Lipinski definition) is 1. The van der Waals surface area contributed by atoms with Gasteiger partial charge in [0.15, 0.2) is 5.82 Å². The van der Waals surface area contributed by atoms with Gasteiger partial charge < -0.3 is 14.6 Å². The first-order valence-electron chi connectivity index (χ1n) is 5.61. The number of nitrogens with one attached hydrogen (secondary N) is 1. The normalized spacial score (nSPS) is 12.4. The second-order valence-electron chi connectivity index (χ2n) is 4.35. The lowest BCUT2D eigenvalue weighted by molar-refractivity contribution is -0.168. The van der Waals surface area contributed by atoms with Crippen molar-refractivity contribution in [3.05, 3.63) is 5.82 Å². The molecule has 0 atom stereocenters. The van der Waals surface area contributed by atoms with Gasteiger partial charge in [-0.1, -0.05) is 19.0 Å². The summed E-state index contributed by atoms with van der Waals surface area (Å²) in [6.07, 6.45) is -3.76. The molecule has 0 aliphatic carbocycles. The topological polar surface area (TPSA) is 60.2 Å². The molecule has 1 N–H and O–H groups in total. The van der Waals surface area contributed by atoms with Crippen LogP contribution in [0.25, 0.3) is 0 Å². The molecule has 0 aromatic carbocycles. The third kappa shape index (κ3) is 5.41. The summed E-state index contributed by atoms with van der Waals surface area (Å²) in [7, 11) is 0. The summed E-state index contributed by atoms with van der Waals surface area (Å²) in [6, 6.07) is 0.132. The highest BCUT2D eigenvalue weighted by Crippen LogP contribution is 2.23. The number of nitrogens with zero attached hydrogens (tertiary/aromatic N) is 2. The molecule has 0 amide bonds. The van der Waals surface area contributed by atoms with E-state index in [2.05, 4.69) is 20.2 Å². The molecule has 0 saturated heterocycles. The van der Waals surface area contributed by atoms with Gasteiger partial charge in [0.1, 0.15) is 13.2 Å². The lowest BCUT2D eigenvalue weighted by Crippen LogP contribution is -2.32. The molecule has 9 heteroatoms. The molecule has 0 bridgehead atoms. The highest BCUT2D eigenvalue weighted by molar-refractivity contribution is 5.17. The first-order chi connectivity index (χ1) is 8.81. The maximum atomic E-state index is 12.5. The summed E-state index contributed by atoms with van der Waals surface area (Å²) >= 11 is 0. The van der Waals surface area contributed by atoms with Gasteiger partial charge in [0, 0.05) is 6.54 Å². The highest BCUT2D eigenvalue weighted by atomic mass is 19.3. The molecule has 0 saturated carbocycles. The molecule has 0 radical (unpaired) electrons. The molecule has 1 aromatic rings. The summed E-state index contributed by atoms with van der Waals surface area (Å²) in [6.45, 7) is 2.73. The Hall–Kier alpha value is -1.38. The van der Waals surface area contributed by atoms with Crippen LogP contribution in [0.2, 0.25) is 0 Å². The predicted molar refractivity (Wildman–Crippen MR) is 58.2 cm³/mol. The number of hydrogen-bond acceptors (Lipinski definition) is 5. The van der Waals surface area contributed by atoms with E-state index in [1.165, 1.54) is 0 Å². The van der Waals surface area contributed by atoms with Gasteiger partial charge in [0.05, 0.1) is 0 Å². The smallest absolute Gasteiger partial charge is 0.330 e. The van der Waals surface area contributed by atoms with Crippen LogP contribution < -0.4 is 5.32 Å². The molecule has 0 fully saturated rings. The van der Waals surface area contributed by atoms with E-state index in [0.29, 0.717) is 12.5 Å². The maximum Gasteiger partial charge on any atom is 0.330 e. The van der Waals surface area contributed by atoms with Crippen LogP contribution in [0.3, 0.4) is 0 Å². The quantitative estimate of drug-likeness (QED) is 0.744. The summed E-state index contributed by atoms with van der Waals surface area (Å²) in [5.41, 5.74) is 0. The van der Waals surface area contributed by atoms with Gasteiger partial charge >= 0.3 is 18.4 Å². The summed E-state index contributed by atoms with van der Waals surface area (Å²) in [5, 5.41) is 6.28. The molecule has 0 unspecified atom stereocenters. The van der Waals surface area contributed by atoms with Crippen molar-refractivity contribution >= 4 is 6.01 Å². The Morgan fingerprint density at radius 1 is 1.37 bits per heavy atom. The van der Waals surface area contributed by atoms with Gasteiger partial charge in [-0.15, -0.1) is 0 Å². The fraction of sp³-hybridized carbons (Fsp3) is 0.800. The number of alkyl halides is 4. The van der Waals surface area contributed by atoms with E-state index in [9.17, 15) is 17.6 Å². The summed E-state index contributed by atoms with van der Waals surface area (Å²) < 4.78 is 57.9. The average Bonchev–Trinajstić information content (AvgIpc) is 2.74. The maximum absolute atomic E-state index is 12.5. The van der Waals surface area contributed by atoms with Crippen molar-refractivity contribution in [3.63, 3.8) is 0 Å². The number of rotatable bonds is 8. The average molecular weight is 285 g/mol. The first-order valence-corrected chi connectivity index (χ1v) is 5.61. The third-order valence-electron chi connectivity index (χ3n) is 1.97. The van der Waals surface area contributed by atoms with Crippen LogP contribution in [-0.2, 0) is 11.3 Å². The van der Waals surface area contributed by atoms with Crippen LogP contribution in [-0.4, -0.2) is 35.6 Å². The first kappa shape index (κ1) is 15.7. The van der Waals surface area contributed by atoms with E-state index in [1.54, 1.807) is 0 Å². The minimum absolute atomic E-state index is 0.0105. The monoisotopic (exact) mass is 285 g/mol. The highest BCUT2D eigenvalue weighted by Gasteiger charge is 2.41. The van der Waals surface area contributed by atoms with Gasteiger partial charge in [-0.25, -0.2) is 8.78 Å². The van der Waals surface area contributed by atoms with E-state index in [0.717, 1.165) is 0 Å². The van der Waals surface area contributed by atoms with Crippen molar-refractivity contribution < 1.29 is 26.8 Å². The molecule has 1 heterocycles. The fourth-order valence-electron chi connectivity index (χ4n) is 1.02. The van der Waals surface area contributed by atoms with Gasteiger partial charge in [-0.3, -0.25) is 0 Å². The van der Waals surface area contributed by atoms with Crippen LogP contribution >= 0.6 is 0 Å². The molecule has 110 valence electrons. The van der Waals surface area contributed by atoms with Crippen LogP contribution in [0.15, 0.2) is 4.52 Å². The molecule has 5 nitrogen and oxygen atoms in total. The minimum atomic E-state index is -4.18. The van der Waals surface area contributed by atoms with Gasteiger partial charge in [0.25, 0.3) is 0 Å². The Labute approximate surface area is 107 Å². The van der Waals surface area contributed by atoms with Crippen molar-refractivity contribution in [1.82, 2.24) is 10.1 Å². The van der Waals surface area contributed by atoms with Crippen molar-refractivity contribution in [2.45, 2.75) is 32.8 Å². The second-order valence-corrected chi connectivity index (χ2v) is 4.35. The Morgan fingerprint density at radius 2 is 2.05 bits per heavy atom. The Morgan fingerprint density at radius 3 is 2.63 bits per heavy atom. The van der Waals surface area contributed by atoms with Crippen LogP contribution in [0.1, 0.15) is 19.7 Å². The predicted octanol–water partition coefficient (Wildman–Crippen LogP) is 2.55. The minimum Gasteiger partial charge on any atom is -0.367 e. The molecule has 0 spiro atoms. The Kier molecular flexibility index (Phi) is 5.52. The Balaban J connectivity index is 2.34. The van der Waals surface area contributed by atoms with E-state index in [4.69, 9.17) is 4.52 Å². The van der Waals surface area contributed by atoms with E-state index in [1.807, 2.05) is 13.8 Å². The zero-order valence-electron chi connectivity index (χ0n) is 10.5. The molecular formula is C10H15F4N3O2. The number of ether oxygens (including phenoxy) is 1. The summed E-state index contributed by atoms with van der Waals surface area (Å²) in [5.74, 6) is -3.81. The van der Waals surface area contributed by atoms with Crippen molar-refractivity contribution in [1.29, 1.82) is 0 Å². The molecular weight excluding hydrogens is 270 g/mol. The Bertz CT molecular complexity index is 385. The van der Waals surface area contributed by atoms with Crippen LogP contribution in [0, 0.1) is 5.92 Å². The SMILES string of the molecule is CC(C)CNc1nc(COCC(F)(F)C(F)F)no1. The number of aromatic nitrogens is 2. The van der Waals surface area contributed by atoms with Gasteiger partial charge in [-0.2, -0.15) is 13.8 Å². The van der Waals surface area contributed by atoms with Crippen LogP contribution in [0.4, 0.5) is 23.6 Å². The molecule has 0 aliphatic rings. The zero-order valence-corrected chi connectivity index (χ0v) is 10.5. The summed E-state index contributed by atoms with van der Waals surface area (Å²) in [4.78, 5) is 3.80. The lowest BCUT2D eigenvalue weighted by Gasteiger charge is -2.14. The number of halogens is 4. The zero-order chi connectivity index (χ0) is 14.5. The molecule has 1 aromatic heterocycles. The molecule has 0 aliphatic heterocycles. The van der Waals surface area contributed by atoms with Crippen molar-refractivity contribution in [2.75, 3.05) is 18.5 Å². The van der Waals surface area contributed by atoms with Gasteiger partial charge in [-0.05, 0) is 5.92 Å². The van der Waals surface area contributed by atoms with Crippen molar-refractivity contribution in [3.8, 4) is 0 Å². The molecule has 19 heavy (non-hydrogen) atoms. The van der Waals surface area contributed by atoms with Gasteiger partial charge in [0.2, 0.25) is 0 Å². The van der Waals surface area contributed by atoms with E-state index >= 15 is 0 Å². The second kappa shape index (κ2) is 6.69. The van der Waals surface area contributed by atoms with Crippen LogP contribution in [0.5, 0.6) is 0 Å².